The summed E-state index contributed by atoms with van der Waals surface area (Å²) in [5.74, 6) is -8.33. The molecule has 294 valence electrons. The van der Waals surface area contributed by atoms with Crippen molar-refractivity contribution in [1.29, 1.82) is 0 Å². The average molecular weight is 737 g/mol. The number of carbonyl (C=O) groups is 4. The zero-order chi connectivity index (χ0) is 39.6. The second-order valence-electron chi connectivity index (χ2n) is 16.9. The maximum Gasteiger partial charge on any atom is 0.347 e. The summed E-state index contributed by atoms with van der Waals surface area (Å²) in [5.41, 5.74) is -8.90. The normalized spacial score (nSPS) is 27.8. The van der Waals surface area contributed by atoms with E-state index < -0.39 is 81.8 Å². The van der Waals surface area contributed by atoms with Gasteiger partial charge in [0.05, 0.1) is 0 Å². The highest BCUT2D eigenvalue weighted by Gasteiger charge is 2.87. The Kier molecular flexibility index (Phi) is 13.1. The maximum absolute atomic E-state index is 14.9. The molecule has 2 bridgehead atoms. The zero-order valence-electron chi connectivity index (χ0n) is 33.2. The van der Waals surface area contributed by atoms with E-state index in [2.05, 4.69) is 0 Å². The van der Waals surface area contributed by atoms with E-state index in [1.807, 2.05) is 30.3 Å². The lowest BCUT2D eigenvalue weighted by molar-refractivity contribution is -0.388. The van der Waals surface area contributed by atoms with Crippen LogP contribution in [-0.2, 0) is 63.5 Å². The molecule has 1 aromatic rings. The third-order valence-electron chi connectivity index (χ3n) is 8.44. The quantitative estimate of drug-likeness (QED) is 0.110. The zero-order valence-corrected chi connectivity index (χ0v) is 33.2. The number of fused-ring (bicyclic) bond motifs is 2. The van der Waals surface area contributed by atoms with Crippen molar-refractivity contribution >= 4 is 23.9 Å². The van der Waals surface area contributed by atoms with Crippen LogP contribution in [0.15, 0.2) is 30.3 Å². The molecule has 0 saturated carbocycles. The molecular weight excluding hydrogens is 676 g/mol. The first kappa shape index (κ1) is 43.3. The van der Waals surface area contributed by atoms with Gasteiger partial charge in [0, 0.05) is 20.0 Å². The van der Waals surface area contributed by atoms with Gasteiger partial charge < -0.3 is 43.0 Å². The minimum absolute atomic E-state index is 0.0552. The van der Waals surface area contributed by atoms with Crippen molar-refractivity contribution in [3.05, 3.63) is 35.9 Å². The summed E-state index contributed by atoms with van der Waals surface area (Å²) in [5, 5.41) is 13.1. The third-order valence-corrected chi connectivity index (χ3v) is 8.44. The highest BCUT2D eigenvalue weighted by molar-refractivity contribution is 6.00. The van der Waals surface area contributed by atoms with Gasteiger partial charge in [0.2, 0.25) is 17.5 Å². The monoisotopic (exact) mass is 736 g/mol. The van der Waals surface area contributed by atoms with Gasteiger partial charge in [0.25, 0.3) is 5.60 Å². The molecule has 0 radical (unpaired) electrons. The molecule has 52 heavy (non-hydrogen) atoms. The standard InChI is InChI=1S/C39H60O13/c1-14-20-26(40)46-28-27(47-36(11,12)45-13)37(24-19-18-23-25-21-16-15-17-22-25)48-29(30(41)49-33(2,3)4)38(44,31(42)50-34(5,6)7)39(28,52-37)32(43)51-35(8,9)10/h15-17,21-22,27-29,44H,14,18-20,23-24H2,1-13H3/t27-,28-,29-,37-,38-,39-/m1/s1. The number of esters is 4. The van der Waals surface area contributed by atoms with Crippen molar-refractivity contribution in [3.8, 4) is 0 Å². The van der Waals surface area contributed by atoms with Gasteiger partial charge in [-0.3, -0.25) is 4.79 Å². The smallest absolute Gasteiger partial charge is 0.347 e. The van der Waals surface area contributed by atoms with Crippen molar-refractivity contribution in [2.45, 2.75) is 180 Å². The second-order valence-corrected chi connectivity index (χ2v) is 16.9. The Morgan fingerprint density at radius 2 is 1.35 bits per heavy atom. The van der Waals surface area contributed by atoms with Gasteiger partial charge >= 0.3 is 23.9 Å². The fraction of sp³-hybridized carbons (Fsp3) is 0.744. The number of benzene rings is 1. The molecule has 0 aromatic heterocycles. The summed E-state index contributed by atoms with van der Waals surface area (Å²) in [4.78, 5) is 57.3. The molecule has 3 rings (SSSR count). The van der Waals surface area contributed by atoms with Crippen molar-refractivity contribution in [1.82, 2.24) is 0 Å². The van der Waals surface area contributed by atoms with Crippen LogP contribution in [0.2, 0.25) is 0 Å². The van der Waals surface area contributed by atoms with Crippen LogP contribution in [0.1, 0.15) is 121 Å². The van der Waals surface area contributed by atoms with Gasteiger partial charge in [-0.25, -0.2) is 14.4 Å². The minimum Gasteiger partial charge on any atom is -0.458 e. The highest BCUT2D eigenvalue weighted by atomic mass is 16.8. The molecule has 2 aliphatic rings. The van der Waals surface area contributed by atoms with Gasteiger partial charge in [-0.15, -0.1) is 0 Å². The minimum atomic E-state index is -3.36. The van der Waals surface area contributed by atoms with E-state index in [0.29, 0.717) is 25.7 Å². The largest absolute Gasteiger partial charge is 0.458 e. The number of unbranched alkanes of at least 4 members (excludes halogenated alkanes) is 1. The van der Waals surface area contributed by atoms with Crippen molar-refractivity contribution < 1.29 is 62.2 Å². The summed E-state index contributed by atoms with van der Waals surface area (Å²) < 4.78 is 48.7. The molecule has 0 spiro atoms. The Morgan fingerprint density at radius 1 is 0.788 bits per heavy atom. The van der Waals surface area contributed by atoms with Gasteiger partial charge in [-0.1, -0.05) is 37.3 Å². The number of hydrogen-bond acceptors (Lipinski definition) is 13. The van der Waals surface area contributed by atoms with Crippen LogP contribution in [0, 0.1) is 0 Å². The molecule has 0 amide bonds. The fourth-order valence-electron chi connectivity index (χ4n) is 6.21. The van der Waals surface area contributed by atoms with Crippen molar-refractivity contribution in [2.75, 3.05) is 7.11 Å². The summed E-state index contributed by atoms with van der Waals surface area (Å²) in [6.45, 7) is 19.0. The molecule has 1 N–H and O–H groups in total. The summed E-state index contributed by atoms with van der Waals surface area (Å²) >= 11 is 0. The summed E-state index contributed by atoms with van der Waals surface area (Å²) in [6, 6.07) is 9.77. The number of aliphatic hydroxyl groups is 1. The van der Waals surface area contributed by atoms with E-state index in [4.69, 9.17) is 37.9 Å². The van der Waals surface area contributed by atoms with E-state index in [9.17, 15) is 24.3 Å². The Bertz CT molecular complexity index is 1420. The molecule has 13 heteroatoms. The molecule has 13 nitrogen and oxygen atoms in total. The lowest BCUT2D eigenvalue weighted by Gasteiger charge is -2.51. The van der Waals surface area contributed by atoms with E-state index in [0.717, 1.165) is 5.56 Å². The van der Waals surface area contributed by atoms with Crippen LogP contribution in [0.4, 0.5) is 0 Å². The van der Waals surface area contributed by atoms with E-state index in [-0.39, 0.29) is 12.8 Å². The van der Waals surface area contributed by atoms with Crippen molar-refractivity contribution in [3.63, 3.8) is 0 Å². The molecule has 2 fully saturated rings. The first-order valence-electron chi connectivity index (χ1n) is 18.0. The average Bonchev–Trinajstić information content (AvgIpc) is 3.22. The van der Waals surface area contributed by atoms with Crippen molar-refractivity contribution in [2.24, 2.45) is 0 Å². The summed E-state index contributed by atoms with van der Waals surface area (Å²) in [7, 11) is 1.39. The van der Waals surface area contributed by atoms with Crippen LogP contribution in [0.3, 0.4) is 0 Å². The van der Waals surface area contributed by atoms with Crippen LogP contribution in [-0.4, -0.2) is 94.0 Å². The number of carbonyl (C=O) groups excluding carboxylic acids is 4. The Morgan fingerprint density at radius 3 is 1.87 bits per heavy atom. The first-order chi connectivity index (χ1) is 23.8. The van der Waals surface area contributed by atoms with Gasteiger partial charge in [0.15, 0.2) is 18.0 Å². The van der Waals surface area contributed by atoms with E-state index >= 15 is 0 Å². The molecular formula is C39H60O13. The number of rotatable bonds is 14. The molecule has 1 aromatic carbocycles. The highest BCUT2D eigenvalue weighted by Crippen LogP contribution is 2.58. The molecule has 0 aliphatic carbocycles. The SMILES string of the molecule is CCCC(=O)O[C@@H]1[C@@H](OC(C)(C)OC)[C@]2(CCCCc3ccccc3)O[C@H](C(=O)OC(C)(C)C)[C@@](O)(C(=O)OC(C)(C)C)[C@@]1(C(=O)OC(C)(C)C)O2. The predicted octanol–water partition coefficient (Wildman–Crippen LogP) is 5.50. The number of hydrogen-bond donors (Lipinski definition) is 1. The van der Waals surface area contributed by atoms with Gasteiger partial charge in [0.1, 0.15) is 16.8 Å². The number of aryl methyl sites for hydroxylation is 1. The predicted molar refractivity (Wildman–Crippen MR) is 189 cm³/mol. The molecule has 6 atom stereocenters. The first-order valence-corrected chi connectivity index (χ1v) is 18.0. The van der Waals surface area contributed by atoms with Gasteiger partial charge in [-0.05, 0) is 107 Å². The number of ether oxygens (including phenoxy) is 8. The van der Waals surface area contributed by atoms with Crippen LogP contribution < -0.4 is 0 Å². The van der Waals surface area contributed by atoms with Crippen LogP contribution in [0.25, 0.3) is 0 Å². The van der Waals surface area contributed by atoms with Crippen LogP contribution in [0.5, 0.6) is 0 Å². The summed E-state index contributed by atoms with van der Waals surface area (Å²) in [6.07, 6.45) is -3.95. The second kappa shape index (κ2) is 15.7. The maximum atomic E-state index is 14.9. The Balaban J connectivity index is 2.43. The topological polar surface area (TPSA) is 162 Å². The third kappa shape index (κ3) is 9.71. The molecule has 2 heterocycles. The lowest BCUT2D eigenvalue weighted by Crippen LogP contribution is -2.79. The molecule has 2 saturated heterocycles. The Hall–Kier alpha value is -3.10. The van der Waals surface area contributed by atoms with E-state index in [1.54, 1.807) is 83.1 Å². The van der Waals surface area contributed by atoms with Gasteiger partial charge in [-0.2, -0.15) is 0 Å². The molecule has 0 unspecified atom stereocenters. The fourth-order valence-corrected chi connectivity index (χ4v) is 6.21. The molecule has 2 aliphatic heterocycles. The van der Waals surface area contributed by atoms with Crippen LogP contribution >= 0.6 is 0 Å². The lowest BCUT2D eigenvalue weighted by atomic mass is 9.74. The number of methoxy groups -OCH3 is 1. The Labute approximate surface area is 308 Å². The van der Waals surface area contributed by atoms with E-state index in [1.165, 1.54) is 7.11 Å².